The molecule has 0 aliphatic carbocycles. The summed E-state index contributed by atoms with van der Waals surface area (Å²) in [4.78, 5) is 22.9. The number of benzene rings is 2. The Morgan fingerprint density at radius 2 is 1.86 bits per heavy atom. The molecular formula is C21H18N4O2S. The summed E-state index contributed by atoms with van der Waals surface area (Å²) in [5.74, 6) is 1.17. The van der Waals surface area contributed by atoms with Crippen LogP contribution in [0.3, 0.4) is 0 Å². The number of fused-ring (bicyclic) bond motifs is 1. The third-order valence-corrected chi connectivity index (χ3v) is 5.46. The minimum Gasteiger partial charge on any atom is -0.494 e. The number of methoxy groups -OCH3 is 1. The molecule has 140 valence electrons. The maximum atomic E-state index is 12.6. The third kappa shape index (κ3) is 3.39. The van der Waals surface area contributed by atoms with E-state index >= 15 is 0 Å². The van der Waals surface area contributed by atoms with Crippen LogP contribution in [0.2, 0.25) is 0 Å². The molecule has 0 saturated heterocycles. The van der Waals surface area contributed by atoms with E-state index in [9.17, 15) is 4.79 Å². The van der Waals surface area contributed by atoms with Crippen molar-refractivity contribution in [3.8, 4) is 16.9 Å². The van der Waals surface area contributed by atoms with Gasteiger partial charge in [0.1, 0.15) is 17.1 Å². The van der Waals surface area contributed by atoms with Crippen molar-refractivity contribution in [2.75, 3.05) is 24.4 Å². The zero-order valence-corrected chi connectivity index (χ0v) is 16.2. The molecule has 2 aromatic heterocycles. The summed E-state index contributed by atoms with van der Waals surface area (Å²) in [5.41, 5.74) is 2.88. The van der Waals surface area contributed by atoms with Gasteiger partial charge < -0.3 is 4.74 Å². The first kappa shape index (κ1) is 17.9. The van der Waals surface area contributed by atoms with Crippen LogP contribution in [0.25, 0.3) is 21.3 Å². The van der Waals surface area contributed by atoms with Crippen molar-refractivity contribution < 1.29 is 9.53 Å². The lowest BCUT2D eigenvalue weighted by Crippen LogP contribution is -2.31. The standard InChI is InChI=1S/C21H18N4O2S/c1-25(20(26)23-17-10-6-7-13-22-17)21-24-18-16(27-2)12-11-15(19(18)28-21)14-8-4-3-5-9-14/h3-13H,1-2H3,(H,22,23,26). The van der Waals surface area contributed by atoms with Crippen LogP contribution in [0.1, 0.15) is 0 Å². The van der Waals surface area contributed by atoms with Crippen LogP contribution in [0.5, 0.6) is 5.75 Å². The number of pyridine rings is 1. The van der Waals surface area contributed by atoms with E-state index in [2.05, 4.69) is 27.4 Å². The topological polar surface area (TPSA) is 67.3 Å². The second-order valence-electron chi connectivity index (χ2n) is 6.06. The normalized spacial score (nSPS) is 10.6. The average Bonchev–Trinajstić information content (AvgIpc) is 3.19. The number of rotatable bonds is 4. The average molecular weight is 390 g/mol. The molecule has 0 spiro atoms. The lowest BCUT2D eigenvalue weighted by atomic mass is 10.1. The van der Waals surface area contributed by atoms with Crippen molar-refractivity contribution in [3.63, 3.8) is 0 Å². The number of hydrogen-bond acceptors (Lipinski definition) is 5. The number of anilines is 2. The second-order valence-corrected chi connectivity index (χ2v) is 7.04. The highest BCUT2D eigenvalue weighted by molar-refractivity contribution is 7.23. The van der Waals surface area contributed by atoms with Gasteiger partial charge in [-0.1, -0.05) is 47.7 Å². The first-order chi connectivity index (χ1) is 13.7. The Balaban J connectivity index is 1.73. The molecule has 0 fully saturated rings. The number of urea groups is 1. The SMILES string of the molecule is COc1ccc(-c2ccccc2)c2sc(N(C)C(=O)Nc3ccccn3)nc12. The van der Waals surface area contributed by atoms with Crippen LogP contribution in [0.15, 0.2) is 66.9 Å². The number of amides is 2. The maximum Gasteiger partial charge on any atom is 0.329 e. The van der Waals surface area contributed by atoms with Gasteiger partial charge in [-0.3, -0.25) is 10.2 Å². The van der Waals surface area contributed by atoms with Gasteiger partial charge in [0.15, 0.2) is 5.13 Å². The Bertz CT molecular complexity index is 1110. The van der Waals surface area contributed by atoms with E-state index in [4.69, 9.17) is 4.74 Å². The molecular weight excluding hydrogens is 372 g/mol. The molecule has 4 rings (SSSR count). The molecule has 6 nitrogen and oxygen atoms in total. The van der Waals surface area contributed by atoms with Gasteiger partial charge in [0, 0.05) is 18.8 Å². The van der Waals surface area contributed by atoms with Crippen molar-refractivity contribution in [3.05, 3.63) is 66.9 Å². The molecule has 2 aromatic carbocycles. The number of ether oxygens (including phenoxy) is 1. The van der Waals surface area contributed by atoms with Gasteiger partial charge in [0.05, 0.1) is 11.8 Å². The Kier molecular flexibility index (Phi) is 4.90. The molecule has 0 radical (unpaired) electrons. The summed E-state index contributed by atoms with van der Waals surface area (Å²) in [5, 5.41) is 3.34. The molecule has 0 aliphatic heterocycles. The molecule has 1 N–H and O–H groups in total. The molecule has 0 saturated carbocycles. The van der Waals surface area contributed by atoms with E-state index in [0.29, 0.717) is 16.7 Å². The Morgan fingerprint density at radius 1 is 1.07 bits per heavy atom. The van der Waals surface area contributed by atoms with Gasteiger partial charge in [-0.15, -0.1) is 0 Å². The molecule has 7 heteroatoms. The quantitative estimate of drug-likeness (QED) is 0.530. The third-order valence-electron chi connectivity index (χ3n) is 4.29. The number of aromatic nitrogens is 2. The first-order valence-corrected chi connectivity index (χ1v) is 9.47. The predicted octanol–water partition coefficient (Wildman–Crippen LogP) is 5.04. The Hall–Kier alpha value is -3.45. The number of nitrogens with one attached hydrogen (secondary N) is 1. The smallest absolute Gasteiger partial charge is 0.329 e. The minimum absolute atomic E-state index is 0.307. The van der Waals surface area contributed by atoms with Crippen molar-refractivity contribution in [1.29, 1.82) is 0 Å². The van der Waals surface area contributed by atoms with Crippen LogP contribution in [-0.4, -0.2) is 30.2 Å². The van der Waals surface area contributed by atoms with E-state index in [-0.39, 0.29) is 6.03 Å². The van der Waals surface area contributed by atoms with Gasteiger partial charge in [0.2, 0.25) is 0 Å². The number of carbonyl (C=O) groups excluding carboxylic acids is 1. The van der Waals surface area contributed by atoms with Gasteiger partial charge >= 0.3 is 6.03 Å². The highest BCUT2D eigenvalue weighted by atomic mass is 32.1. The summed E-state index contributed by atoms with van der Waals surface area (Å²) >= 11 is 1.45. The molecule has 0 aliphatic rings. The zero-order chi connectivity index (χ0) is 19.5. The number of thiazole rings is 1. The highest BCUT2D eigenvalue weighted by Gasteiger charge is 2.20. The van der Waals surface area contributed by atoms with Crippen LogP contribution < -0.4 is 15.0 Å². The second kappa shape index (κ2) is 7.66. The summed E-state index contributed by atoms with van der Waals surface area (Å²) in [6, 6.07) is 19.1. The first-order valence-electron chi connectivity index (χ1n) is 8.66. The van der Waals surface area contributed by atoms with Crippen LogP contribution in [0, 0.1) is 0 Å². The summed E-state index contributed by atoms with van der Waals surface area (Å²) in [7, 11) is 3.30. The van der Waals surface area contributed by atoms with Crippen molar-refractivity contribution in [2.24, 2.45) is 0 Å². The fourth-order valence-corrected chi connectivity index (χ4v) is 3.92. The molecule has 2 heterocycles. The van der Waals surface area contributed by atoms with E-state index in [1.807, 2.05) is 36.4 Å². The molecule has 0 atom stereocenters. The summed E-state index contributed by atoms with van der Waals surface area (Å²) in [6.07, 6.45) is 1.63. The zero-order valence-electron chi connectivity index (χ0n) is 15.4. The molecule has 2 amide bonds. The van der Waals surface area contributed by atoms with Gasteiger partial charge in [-0.2, -0.15) is 0 Å². The molecule has 28 heavy (non-hydrogen) atoms. The van der Waals surface area contributed by atoms with E-state index in [1.54, 1.807) is 32.5 Å². The van der Waals surface area contributed by atoms with E-state index < -0.39 is 0 Å². The van der Waals surface area contributed by atoms with Gasteiger partial charge in [-0.05, 0) is 29.8 Å². The summed E-state index contributed by atoms with van der Waals surface area (Å²) < 4.78 is 6.45. The molecule has 0 unspecified atom stereocenters. The van der Waals surface area contributed by atoms with Crippen LogP contribution >= 0.6 is 11.3 Å². The Morgan fingerprint density at radius 3 is 2.57 bits per heavy atom. The number of carbonyl (C=O) groups is 1. The van der Waals surface area contributed by atoms with Gasteiger partial charge in [0.25, 0.3) is 0 Å². The van der Waals surface area contributed by atoms with Crippen molar-refractivity contribution >= 4 is 38.5 Å². The van der Waals surface area contributed by atoms with E-state index in [1.165, 1.54) is 16.2 Å². The molecule has 4 aromatic rings. The molecule has 0 bridgehead atoms. The minimum atomic E-state index is -0.307. The van der Waals surface area contributed by atoms with Gasteiger partial charge in [-0.25, -0.2) is 14.8 Å². The lowest BCUT2D eigenvalue weighted by Gasteiger charge is -2.14. The van der Waals surface area contributed by atoms with Crippen molar-refractivity contribution in [1.82, 2.24) is 9.97 Å². The largest absolute Gasteiger partial charge is 0.494 e. The summed E-state index contributed by atoms with van der Waals surface area (Å²) in [6.45, 7) is 0. The number of hydrogen-bond donors (Lipinski definition) is 1. The number of nitrogens with zero attached hydrogens (tertiary/aromatic N) is 3. The van der Waals surface area contributed by atoms with Crippen LogP contribution in [0.4, 0.5) is 15.7 Å². The monoisotopic (exact) mass is 390 g/mol. The van der Waals surface area contributed by atoms with Crippen molar-refractivity contribution in [2.45, 2.75) is 0 Å². The maximum absolute atomic E-state index is 12.6. The predicted molar refractivity (Wildman–Crippen MR) is 113 cm³/mol. The fraction of sp³-hybridized carbons (Fsp3) is 0.0952. The Labute approximate surface area is 166 Å². The highest BCUT2D eigenvalue weighted by Crippen LogP contribution is 2.40. The van der Waals surface area contributed by atoms with E-state index in [0.717, 1.165) is 21.3 Å². The fourth-order valence-electron chi connectivity index (χ4n) is 2.84. The van der Waals surface area contributed by atoms with Crippen LogP contribution in [-0.2, 0) is 0 Å². The lowest BCUT2D eigenvalue weighted by molar-refractivity contribution is 0.258.